The van der Waals surface area contributed by atoms with E-state index >= 15 is 0 Å². The fourth-order valence-corrected chi connectivity index (χ4v) is 3.18. The Morgan fingerprint density at radius 2 is 2.06 bits per heavy atom. The Kier molecular flexibility index (Phi) is 2.44. The van der Waals surface area contributed by atoms with Crippen LogP contribution in [0.4, 0.5) is 5.69 Å². The predicted octanol–water partition coefficient (Wildman–Crippen LogP) is 1.70. The normalized spacial score (nSPS) is 31.3. The number of hydrogen-bond donors (Lipinski definition) is 1. The third-order valence-electron chi connectivity index (χ3n) is 4.25. The maximum Gasteiger partial charge on any atom is 0.230 e. The van der Waals surface area contributed by atoms with Crippen molar-refractivity contribution in [2.75, 3.05) is 11.4 Å². The van der Waals surface area contributed by atoms with Crippen molar-refractivity contribution in [2.24, 2.45) is 17.6 Å². The molecule has 0 spiro atoms. The van der Waals surface area contributed by atoms with E-state index in [0.29, 0.717) is 12.5 Å². The van der Waals surface area contributed by atoms with Gasteiger partial charge in [-0.2, -0.15) is 0 Å². The van der Waals surface area contributed by atoms with Crippen LogP contribution >= 0.6 is 0 Å². The van der Waals surface area contributed by atoms with Crippen molar-refractivity contribution in [3.05, 3.63) is 29.8 Å². The molecule has 2 N–H and O–H groups in total. The molecule has 17 heavy (non-hydrogen) atoms. The number of fused-ring (bicyclic) bond motifs is 2. The molecule has 4 rings (SSSR count). The number of carbonyl (C=O) groups excluding carboxylic acids is 1. The zero-order chi connectivity index (χ0) is 12.0. The maximum absolute atomic E-state index is 12.4. The molecule has 1 amide bonds. The Morgan fingerprint density at radius 1 is 1.35 bits per heavy atom. The molecule has 2 bridgehead atoms. The number of para-hydroxylation sites is 1. The van der Waals surface area contributed by atoms with Crippen LogP contribution in [0.3, 0.4) is 0 Å². The van der Waals surface area contributed by atoms with Crippen LogP contribution in [-0.4, -0.2) is 18.5 Å². The highest BCUT2D eigenvalue weighted by molar-refractivity contribution is 5.98. The van der Waals surface area contributed by atoms with Crippen molar-refractivity contribution < 1.29 is 4.79 Å². The van der Waals surface area contributed by atoms with Gasteiger partial charge in [0.2, 0.25) is 5.91 Å². The van der Waals surface area contributed by atoms with E-state index in [1.54, 1.807) is 0 Å². The SMILES string of the molecule is Cc1ccccc1N1C(=O)C2CC(C2)C1CN. The summed E-state index contributed by atoms with van der Waals surface area (Å²) in [6.45, 7) is 2.62. The molecule has 3 heteroatoms. The highest BCUT2D eigenvalue weighted by Gasteiger charge is 2.49. The Balaban J connectivity index is 2.00. The van der Waals surface area contributed by atoms with Crippen molar-refractivity contribution in [1.82, 2.24) is 0 Å². The minimum atomic E-state index is 0.202. The molecule has 90 valence electrons. The van der Waals surface area contributed by atoms with E-state index in [0.717, 1.165) is 24.1 Å². The average Bonchev–Trinajstić information content (AvgIpc) is 2.27. The molecule has 0 aromatic heterocycles. The third-order valence-corrected chi connectivity index (χ3v) is 4.25. The fourth-order valence-electron chi connectivity index (χ4n) is 3.18. The van der Waals surface area contributed by atoms with E-state index in [9.17, 15) is 4.79 Å². The largest absolute Gasteiger partial charge is 0.328 e. The topological polar surface area (TPSA) is 46.3 Å². The van der Waals surface area contributed by atoms with Crippen molar-refractivity contribution in [3.8, 4) is 0 Å². The Labute approximate surface area is 102 Å². The molecule has 2 aliphatic heterocycles. The molecule has 1 unspecified atom stereocenters. The van der Waals surface area contributed by atoms with E-state index in [1.807, 2.05) is 23.1 Å². The Hall–Kier alpha value is -1.35. The number of nitrogens with two attached hydrogens (primary N) is 1. The summed E-state index contributed by atoms with van der Waals surface area (Å²) in [6.07, 6.45) is 2.09. The molecule has 1 saturated carbocycles. The number of hydrogen-bond acceptors (Lipinski definition) is 2. The van der Waals surface area contributed by atoms with Crippen molar-refractivity contribution in [2.45, 2.75) is 25.8 Å². The molecule has 3 fully saturated rings. The van der Waals surface area contributed by atoms with Crippen molar-refractivity contribution in [1.29, 1.82) is 0 Å². The summed E-state index contributed by atoms with van der Waals surface area (Å²) in [7, 11) is 0. The van der Waals surface area contributed by atoms with Crippen LogP contribution < -0.4 is 10.6 Å². The summed E-state index contributed by atoms with van der Waals surface area (Å²) in [5.74, 6) is 1.14. The average molecular weight is 230 g/mol. The van der Waals surface area contributed by atoms with Gasteiger partial charge in [0.25, 0.3) is 0 Å². The summed E-state index contributed by atoms with van der Waals surface area (Å²) >= 11 is 0. The minimum Gasteiger partial charge on any atom is -0.328 e. The number of nitrogens with zero attached hydrogens (tertiary/aromatic N) is 1. The lowest BCUT2D eigenvalue weighted by Gasteiger charge is -2.52. The second kappa shape index (κ2) is 3.84. The van der Waals surface area contributed by atoms with E-state index in [1.165, 1.54) is 0 Å². The highest BCUT2D eigenvalue weighted by atomic mass is 16.2. The molecule has 3 nitrogen and oxygen atoms in total. The minimum absolute atomic E-state index is 0.202. The lowest BCUT2D eigenvalue weighted by molar-refractivity contribution is -0.132. The first-order chi connectivity index (χ1) is 8.22. The number of aryl methyl sites for hydroxylation is 1. The van der Waals surface area contributed by atoms with Crippen molar-refractivity contribution in [3.63, 3.8) is 0 Å². The summed E-state index contributed by atoms with van der Waals surface area (Å²) in [5, 5.41) is 0. The van der Waals surface area contributed by atoms with Gasteiger partial charge in [0, 0.05) is 18.2 Å². The lowest BCUT2D eigenvalue weighted by Crippen LogP contribution is -2.62. The van der Waals surface area contributed by atoms with Gasteiger partial charge in [0.1, 0.15) is 0 Å². The van der Waals surface area contributed by atoms with Crippen molar-refractivity contribution >= 4 is 11.6 Å². The second-order valence-electron chi connectivity index (χ2n) is 5.23. The van der Waals surface area contributed by atoms with Gasteiger partial charge in [0.15, 0.2) is 0 Å². The van der Waals surface area contributed by atoms with Crippen LogP contribution in [0.2, 0.25) is 0 Å². The van der Waals surface area contributed by atoms with Gasteiger partial charge in [-0.1, -0.05) is 18.2 Å². The van der Waals surface area contributed by atoms with Gasteiger partial charge in [-0.15, -0.1) is 0 Å². The number of benzene rings is 1. The zero-order valence-electron chi connectivity index (χ0n) is 10.1. The Morgan fingerprint density at radius 3 is 2.71 bits per heavy atom. The second-order valence-corrected chi connectivity index (χ2v) is 5.23. The van der Waals surface area contributed by atoms with Gasteiger partial charge in [-0.25, -0.2) is 0 Å². The number of anilines is 1. The zero-order valence-corrected chi connectivity index (χ0v) is 10.1. The summed E-state index contributed by atoms with van der Waals surface area (Å²) in [6, 6.07) is 8.28. The third kappa shape index (κ3) is 1.49. The highest BCUT2D eigenvalue weighted by Crippen LogP contribution is 2.46. The van der Waals surface area contributed by atoms with Gasteiger partial charge >= 0.3 is 0 Å². The first-order valence-corrected chi connectivity index (χ1v) is 6.31. The summed E-state index contributed by atoms with van der Waals surface area (Å²) in [4.78, 5) is 14.3. The van der Waals surface area contributed by atoms with Crippen LogP contribution in [0.15, 0.2) is 24.3 Å². The summed E-state index contributed by atoms with van der Waals surface area (Å²) in [5.41, 5.74) is 8.06. The standard InChI is InChI=1S/C14H18N2O/c1-9-4-2-3-5-12(9)16-13(8-15)10-6-11(7-10)14(16)17/h2-5,10-11,13H,6-8,15H2,1H3. The van der Waals surface area contributed by atoms with Crippen LogP contribution in [0.25, 0.3) is 0 Å². The quantitative estimate of drug-likeness (QED) is 0.840. The predicted molar refractivity (Wildman–Crippen MR) is 67.7 cm³/mol. The number of rotatable bonds is 2. The van der Waals surface area contributed by atoms with Crippen LogP contribution in [0.5, 0.6) is 0 Å². The van der Waals surface area contributed by atoms with E-state index in [4.69, 9.17) is 5.73 Å². The molecule has 1 aliphatic carbocycles. The first kappa shape index (κ1) is 10.8. The molecule has 2 saturated heterocycles. The van der Waals surface area contributed by atoms with E-state index in [2.05, 4.69) is 13.0 Å². The van der Waals surface area contributed by atoms with Gasteiger partial charge in [0.05, 0.1) is 6.04 Å². The van der Waals surface area contributed by atoms with Gasteiger partial charge in [-0.05, 0) is 37.3 Å². The molecule has 2 heterocycles. The van der Waals surface area contributed by atoms with Gasteiger partial charge in [-0.3, -0.25) is 4.79 Å². The fraction of sp³-hybridized carbons (Fsp3) is 0.500. The molecular formula is C14H18N2O. The number of carbonyl (C=O) groups is 1. The molecule has 3 aliphatic rings. The summed E-state index contributed by atoms with van der Waals surface area (Å²) < 4.78 is 0. The van der Waals surface area contributed by atoms with Crippen LogP contribution in [0.1, 0.15) is 18.4 Å². The monoisotopic (exact) mass is 230 g/mol. The molecule has 1 aromatic rings. The number of amides is 1. The maximum atomic E-state index is 12.4. The first-order valence-electron chi connectivity index (χ1n) is 6.31. The van der Waals surface area contributed by atoms with Crippen LogP contribution in [-0.2, 0) is 4.79 Å². The lowest BCUT2D eigenvalue weighted by atomic mass is 9.66. The van der Waals surface area contributed by atoms with E-state index in [-0.39, 0.29) is 17.9 Å². The van der Waals surface area contributed by atoms with E-state index < -0.39 is 0 Å². The smallest absolute Gasteiger partial charge is 0.230 e. The van der Waals surface area contributed by atoms with Crippen LogP contribution in [0, 0.1) is 18.8 Å². The molecule has 0 radical (unpaired) electrons. The molecule has 1 atom stereocenters. The molecular weight excluding hydrogens is 212 g/mol. The number of piperidine rings is 2. The molecule has 1 aromatic carbocycles. The Bertz CT molecular complexity index is 451. The van der Waals surface area contributed by atoms with Gasteiger partial charge < -0.3 is 10.6 Å².